The van der Waals surface area contributed by atoms with E-state index in [0.29, 0.717) is 5.13 Å². The van der Waals surface area contributed by atoms with Crippen LogP contribution in [0.15, 0.2) is 17.5 Å². The fourth-order valence-corrected chi connectivity index (χ4v) is 2.98. The number of rotatable bonds is 4. The van der Waals surface area contributed by atoms with Crippen molar-refractivity contribution in [3.8, 4) is 0 Å². The molecule has 0 aliphatic heterocycles. The number of thiazole rings is 1. The van der Waals surface area contributed by atoms with Gasteiger partial charge in [-0.1, -0.05) is 6.07 Å². The number of carboxylic acid groups (broad SMARTS) is 1. The molecule has 1 atom stereocenters. The molecular formula is C11H12N2O2S2. The first kappa shape index (κ1) is 12.1. The SMILES string of the molecule is Cc1nc(NC(C(=O)O)c2cccs2)sc1C. The average molecular weight is 268 g/mol. The van der Waals surface area contributed by atoms with E-state index < -0.39 is 12.0 Å². The van der Waals surface area contributed by atoms with Crippen molar-refractivity contribution in [1.29, 1.82) is 0 Å². The maximum Gasteiger partial charge on any atom is 0.331 e. The number of anilines is 1. The third-order valence-electron chi connectivity index (χ3n) is 2.37. The highest BCUT2D eigenvalue weighted by atomic mass is 32.1. The van der Waals surface area contributed by atoms with Crippen LogP contribution in [0.5, 0.6) is 0 Å². The minimum atomic E-state index is -0.891. The normalized spacial score (nSPS) is 12.4. The molecular weight excluding hydrogens is 256 g/mol. The first-order valence-corrected chi connectivity index (χ1v) is 6.74. The largest absolute Gasteiger partial charge is 0.479 e. The number of nitrogens with zero attached hydrogens (tertiary/aromatic N) is 1. The van der Waals surface area contributed by atoms with Gasteiger partial charge in [0.25, 0.3) is 0 Å². The van der Waals surface area contributed by atoms with E-state index in [1.54, 1.807) is 0 Å². The third-order valence-corrected chi connectivity index (χ3v) is 4.31. The predicted octanol–water partition coefficient (Wildman–Crippen LogP) is 3.06. The molecule has 0 saturated heterocycles. The maximum absolute atomic E-state index is 11.2. The topological polar surface area (TPSA) is 62.2 Å². The summed E-state index contributed by atoms with van der Waals surface area (Å²) in [7, 11) is 0. The molecule has 2 aromatic heterocycles. The molecule has 0 aliphatic carbocycles. The monoisotopic (exact) mass is 268 g/mol. The van der Waals surface area contributed by atoms with Gasteiger partial charge in [-0.05, 0) is 25.3 Å². The van der Waals surface area contributed by atoms with Gasteiger partial charge in [-0.3, -0.25) is 0 Å². The van der Waals surface area contributed by atoms with Gasteiger partial charge in [-0.25, -0.2) is 9.78 Å². The zero-order chi connectivity index (χ0) is 12.4. The van der Waals surface area contributed by atoms with Crippen molar-refractivity contribution in [1.82, 2.24) is 4.98 Å². The lowest BCUT2D eigenvalue weighted by Crippen LogP contribution is -2.19. The van der Waals surface area contributed by atoms with Gasteiger partial charge in [0.05, 0.1) is 5.69 Å². The van der Waals surface area contributed by atoms with E-state index in [0.717, 1.165) is 15.4 Å². The summed E-state index contributed by atoms with van der Waals surface area (Å²) in [6, 6.07) is 2.93. The van der Waals surface area contributed by atoms with Crippen molar-refractivity contribution >= 4 is 33.8 Å². The zero-order valence-electron chi connectivity index (χ0n) is 9.43. The molecule has 0 amide bonds. The van der Waals surface area contributed by atoms with Crippen molar-refractivity contribution in [2.75, 3.05) is 5.32 Å². The minimum Gasteiger partial charge on any atom is -0.479 e. The number of aromatic nitrogens is 1. The van der Waals surface area contributed by atoms with Crippen LogP contribution in [0.3, 0.4) is 0 Å². The molecule has 1 unspecified atom stereocenters. The number of hydrogen-bond acceptors (Lipinski definition) is 5. The van der Waals surface area contributed by atoms with Crippen molar-refractivity contribution in [3.05, 3.63) is 33.0 Å². The Morgan fingerprint density at radius 2 is 2.29 bits per heavy atom. The van der Waals surface area contributed by atoms with Crippen LogP contribution in [-0.2, 0) is 4.79 Å². The molecule has 0 fully saturated rings. The fraction of sp³-hybridized carbons (Fsp3) is 0.273. The van der Waals surface area contributed by atoms with Crippen LogP contribution in [0, 0.1) is 13.8 Å². The molecule has 4 nitrogen and oxygen atoms in total. The molecule has 0 bridgehead atoms. The van der Waals surface area contributed by atoms with Crippen molar-refractivity contribution in [2.45, 2.75) is 19.9 Å². The third kappa shape index (κ3) is 2.65. The summed E-state index contributed by atoms with van der Waals surface area (Å²) in [5.74, 6) is -0.891. The number of nitrogens with one attached hydrogen (secondary N) is 1. The zero-order valence-corrected chi connectivity index (χ0v) is 11.1. The lowest BCUT2D eigenvalue weighted by atomic mass is 10.2. The van der Waals surface area contributed by atoms with Gasteiger partial charge in [0, 0.05) is 9.75 Å². The molecule has 0 aliphatic rings. The standard InChI is InChI=1S/C11H12N2O2S2/c1-6-7(2)17-11(12-6)13-9(10(14)15)8-4-3-5-16-8/h3-5,9H,1-2H3,(H,12,13)(H,14,15). The predicted molar refractivity (Wildman–Crippen MR) is 69.9 cm³/mol. The van der Waals surface area contributed by atoms with Crippen LogP contribution in [-0.4, -0.2) is 16.1 Å². The van der Waals surface area contributed by atoms with E-state index in [2.05, 4.69) is 10.3 Å². The van der Waals surface area contributed by atoms with Crippen LogP contribution in [0.2, 0.25) is 0 Å². The quantitative estimate of drug-likeness (QED) is 0.894. The van der Waals surface area contributed by atoms with Crippen LogP contribution in [0.4, 0.5) is 5.13 Å². The van der Waals surface area contributed by atoms with E-state index >= 15 is 0 Å². The van der Waals surface area contributed by atoms with E-state index in [9.17, 15) is 9.90 Å². The summed E-state index contributed by atoms with van der Waals surface area (Å²) >= 11 is 2.90. The van der Waals surface area contributed by atoms with Crippen LogP contribution in [0.1, 0.15) is 21.5 Å². The molecule has 90 valence electrons. The Morgan fingerprint density at radius 3 is 2.76 bits per heavy atom. The molecule has 2 N–H and O–H groups in total. The minimum absolute atomic E-state index is 0.654. The Hall–Kier alpha value is -1.40. The lowest BCUT2D eigenvalue weighted by molar-refractivity contribution is -0.138. The highest BCUT2D eigenvalue weighted by Crippen LogP contribution is 2.27. The Morgan fingerprint density at radius 1 is 1.53 bits per heavy atom. The first-order valence-electron chi connectivity index (χ1n) is 5.04. The Labute approximate surface area is 107 Å². The summed E-state index contributed by atoms with van der Waals surface area (Å²) in [5.41, 5.74) is 0.938. The highest BCUT2D eigenvalue weighted by molar-refractivity contribution is 7.15. The lowest BCUT2D eigenvalue weighted by Gasteiger charge is -2.11. The van der Waals surface area contributed by atoms with Crippen LogP contribution < -0.4 is 5.32 Å². The van der Waals surface area contributed by atoms with E-state index in [4.69, 9.17) is 0 Å². The van der Waals surface area contributed by atoms with Crippen molar-refractivity contribution < 1.29 is 9.90 Å². The van der Waals surface area contributed by atoms with E-state index in [1.807, 2.05) is 31.4 Å². The molecule has 2 rings (SSSR count). The number of aliphatic carboxylic acids is 1. The number of carbonyl (C=O) groups is 1. The van der Waals surface area contributed by atoms with Crippen LogP contribution >= 0.6 is 22.7 Å². The molecule has 6 heteroatoms. The smallest absolute Gasteiger partial charge is 0.331 e. The molecule has 0 saturated carbocycles. The summed E-state index contributed by atoms with van der Waals surface area (Å²) in [6.07, 6.45) is 0. The van der Waals surface area contributed by atoms with Crippen LogP contribution in [0.25, 0.3) is 0 Å². The molecule has 0 aromatic carbocycles. The number of thiophene rings is 1. The number of aryl methyl sites for hydroxylation is 2. The van der Waals surface area contributed by atoms with Gasteiger partial charge in [0.1, 0.15) is 0 Å². The summed E-state index contributed by atoms with van der Waals surface area (Å²) in [5, 5.41) is 14.7. The van der Waals surface area contributed by atoms with Gasteiger partial charge in [-0.2, -0.15) is 0 Å². The van der Waals surface area contributed by atoms with E-state index in [-0.39, 0.29) is 0 Å². The van der Waals surface area contributed by atoms with Gasteiger partial charge < -0.3 is 10.4 Å². The summed E-state index contributed by atoms with van der Waals surface area (Å²) in [6.45, 7) is 3.89. The molecule has 0 spiro atoms. The highest BCUT2D eigenvalue weighted by Gasteiger charge is 2.21. The fourth-order valence-electron chi connectivity index (χ4n) is 1.37. The van der Waals surface area contributed by atoms with Gasteiger partial charge in [-0.15, -0.1) is 22.7 Å². The second kappa shape index (κ2) is 4.85. The van der Waals surface area contributed by atoms with Gasteiger partial charge in [0.2, 0.25) is 0 Å². The summed E-state index contributed by atoms with van der Waals surface area (Å²) < 4.78 is 0. The summed E-state index contributed by atoms with van der Waals surface area (Å²) in [4.78, 5) is 17.4. The number of hydrogen-bond donors (Lipinski definition) is 2. The number of carboxylic acids is 1. The maximum atomic E-state index is 11.2. The Bertz CT molecular complexity index is 500. The second-order valence-electron chi connectivity index (χ2n) is 3.59. The Balaban J connectivity index is 2.22. The second-order valence-corrected chi connectivity index (χ2v) is 5.77. The molecule has 0 radical (unpaired) electrons. The Kier molecular flexibility index (Phi) is 3.44. The molecule has 2 aromatic rings. The first-order chi connectivity index (χ1) is 8.08. The average Bonchev–Trinajstić information content (AvgIpc) is 2.86. The van der Waals surface area contributed by atoms with Crippen molar-refractivity contribution in [2.24, 2.45) is 0 Å². The van der Waals surface area contributed by atoms with Gasteiger partial charge >= 0.3 is 5.97 Å². The van der Waals surface area contributed by atoms with Gasteiger partial charge in [0.15, 0.2) is 11.2 Å². The molecule has 2 heterocycles. The van der Waals surface area contributed by atoms with Crippen molar-refractivity contribution in [3.63, 3.8) is 0 Å². The van der Waals surface area contributed by atoms with E-state index in [1.165, 1.54) is 22.7 Å². The molecule has 17 heavy (non-hydrogen) atoms.